The molecule has 3 amide bonds. The van der Waals surface area contributed by atoms with Crippen LogP contribution in [0.1, 0.15) is 26.0 Å². The van der Waals surface area contributed by atoms with E-state index in [-0.39, 0.29) is 11.3 Å². The van der Waals surface area contributed by atoms with Crippen LogP contribution >= 0.6 is 11.8 Å². The topological polar surface area (TPSA) is 104 Å². The van der Waals surface area contributed by atoms with Gasteiger partial charge in [-0.15, -0.1) is 0 Å². The molecule has 0 fully saturated rings. The Kier molecular flexibility index (Phi) is 6.78. The van der Waals surface area contributed by atoms with Gasteiger partial charge in [-0.1, -0.05) is 25.1 Å². The molecule has 0 unspecified atom stereocenters. The van der Waals surface area contributed by atoms with Crippen molar-refractivity contribution in [2.24, 2.45) is 0 Å². The number of amides is 3. The first-order valence-corrected chi connectivity index (χ1v) is 7.34. The first-order chi connectivity index (χ1) is 9.55. The van der Waals surface area contributed by atoms with Crippen LogP contribution in [-0.4, -0.2) is 34.2 Å². The quantitative estimate of drug-likeness (QED) is 0.529. The lowest BCUT2D eigenvalue weighted by molar-refractivity contribution is -0.117. The van der Waals surface area contributed by atoms with Crippen molar-refractivity contribution >= 4 is 23.7 Å². The molecule has 7 nitrogen and oxygen atoms in total. The number of hydrogen-bond donors (Lipinski definition) is 3. The van der Waals surface area contributed by atoms with Crippen LogP contribution in [0.25, 0.3) is 0 Å². The van der Waals surface area contributed by atoms with Crippen LogP contribution in [0.2, 0.25) is 0 Å². The van der Waals surface area contributed by atoms with Crippen molar-refractivity contribution in [2.75, 3.05) is 12.3 Å². The van der Waals surface area contributed by atoms with Crippen molar-refractivity contribution in [1.29, 1.82) is 0 Å². The Balaban J connectivity index is 2.54. The number of nitrogens with one attached hydrogen (secondary N) is 3. The first-order valence-electron chi connectivity index (χ1n) is 6.35. The summed E-state index contributed by atoms with van der Waals surface area (Å²) in [7, 11) is 0. The summed E-state index contributed by atoms with van der Waals surface area (Å²) in [5.41, 5.74) is 0.456. The van der Waals surface area contributed by atoms with E-state index in [2.05, 4.69) is 20.6 Å². The number of thioether (sulfide) groups is 1. The predicted molar refractivity (Wildman–Crippen MR) is 76.8 cm³/mol. The van der Waals surface area contributed by atoms with Crippen LogP contribution in [0.5, 0.6) is 0 Å². The maximum Gasteiger partial charge on any atom is 0.321 e. The third-order valence-corrected chi connectivity index (χ3v) is 3.08. The van der Waals surface area contributed by atoms with Gasteiger partial charge in [0.1, 0.15) is 0 Å². The van der Waals surface area contributed by atoms with Crippen molar-refractivity contribution in [3.63, 3.8) is 0 Å². The minimum absolute atomic E-state index is 0.00958. The Morgan fingerprint density at radius 3 is 2.80 bits per heavy atom. The van der Waals surface area contributed by atoms with Crippen molar-refractivity contribution in [3.8, 4) is 0 Å². The summed E-state index contributed by atoms with van der Waals surface area (Å²) in [4.78, 5) is 40.8. The number of aromatic amines is 1. The third-order valence-electron chi connectivity index (χ3n) is 2.21. The highest BCUT2D eigenvalue weighted by molar-refractivity contribution is 7.99. The summed E-state index contributed by atoms with van der Waals surface area (Å²) in [5, 5.41) is 5.01. The summed E-state index contributed by atoms with van der Waals surface area (Å²) in [6, 6.07) is 0.918. The molecular formula is C12H18N4O3S. The monoisotopic (exact) mass is 298 g/mol. The molecule has 20 heavy (non-hydrogen) atoms. The summed E-state index contributed by atoms with van der Waals surface area (Å²) in [5.74, 6) is -0.431. The zero-order valence-electron chi connectivity index (χ0n) is 11.5. The number of urea groups is 1. The molecule has 3 N–H and O–H groups in total. The summed E-state index contributed by atoms with van der Waals surface area (Å²) in [6.45, 7) is 4.20. The van der Waals surface area contributed by atoms with Gasteiger partial charge in [-0.2, -0.15) is 0 Å². The van der Waals surface area contributed by atoms with Crippen LogP contribution in [0.4, 0.5) is 4.79 Å². The van der Waals surface area contributed by atoms with Gasteiger partial charge in [-0.05, 0) is 13.3 Å². The smallest absolute Gasteiger partial charge is 0.321 e. The minimum atomic E-state index is -0.528. The number of nitrogens with zero attached hydrogens (tertiary/aromatic N) is 1. The normalized spacial score (nSPS) is 10.1. The highest BCUT2D eigenvalue weighted by Gasteiger charge is 2.09. The second-order valence-corrected chi connectivity index (χ2v) is 4.95. The maximum atomic E-state index is 11.5. The number of rotatable bonds is 6. The van der Waals surface area contributed by atoms with E-state index < -0.39 is 11.9 Å². The Hall–Kier alpha value is -1.83. The van der Waals surface area contributed by atoms with Gasteiger partial charge in [0.05, 0.1) is 5.75 Å². The van der Waals surface area contributed by atoms with Gasteiger partial charge in [-0.3, -0.25) is 14.9 Å². The van der Waals surface area contributed by atoms with Crippen LogP contribution in [0.15, 0.2) is 16.0 Å². The van der Waals surface area contributed by atoms with Crippen LogP contribution in [0, 0.1) is 0 Å². The molecule has 0 aliphatic heterocycles. The second-order valence-electron chi connectivity index (χ2n) is 3.99. The van der Waals surface area contributed by atoms with E-state index in [1.807, 2.05) is 6.92 Å². The Bertz CT molecular complexity index is 530. The van der Waals surface area contributed by atoms with Crippen LogP contribution < -0.4 is 16.2 Å². The number of carbonyl (C=O) groups excluding carboxylic acids is 2. The molecule has 0 bridgehead atoms. The number of aryl methyl sites for hydroxylation is 1. The number of imide groups is 1. The van der Waals surface area contributed by atoms with Crippen LogP contribution in [0.3, 0.4) is 0 Å². The molecule has 0 radical (unpaired) electrons. The number of H-pyrrole nitrogens is 1. The van der Waals surface area contributed by atoms with Gasteiger partial charge >= 0.3 is 6.03 Å². The molecule has 0 atom stereocenters. The van der Waals surface area contributed by atoms with Crippen LogP contribution in [-0.2, 0) is 11.2 Å². The Morgan fingerprint density at radius 1 is 1.40 bits per heavy atom. The number of carbonyl (C=O) groups is 2. The highest BCUT2D eigenvalue weighted by atomic mass is 32.2. The largest absolute Gasteiger partial charge is 0.338 e. The molecule has 0 saturated carbocycles. The van der Waals surface area contributed by atoms with E-state index >= 15 is 0 Å². The minimum Gasteiger partial charge on any atom is -0.338 e. The fourth-order valence-corrected chi connectivity index (χ4v) is 2.13. The number of aromatic nitrogens is 2. The van der Waals surface area contributed by atoms with E-state index in [9.17, 15) is 14.4 Å². The molecule has 0 saturated heterocycles. The lowest BCUT2D eigenvalue weighted by Gasteiger charge is -2.05. The fraction of sp³-hybridized carbons (Fsp3) is 0.500. The molecule has 0 spiro atoms. The van der Waals surface area contributed by atoms with Crippen molar-refractivity contribution < 1.29 is 9.59 Å². The van der Waals surface area contributed by atoms with Gasteiger partial charge in [0.15, 0.2) is 5.16 Å². The van der Waals surface area contributed by atoms with E-state index in [4.69, 9.17) is 0 Å². The summed E-state index contributed by atoms with van der Waals surface area (Å²) < 4.78 is 0. The molecular weight excluding hydrogens is 280 g/mol. The predicted octanol–water partition coefficient (Wildman–Crippen LogP) is 0.660. The molecule has 0 aromatic carbocycles. The van der Waals surface area contributed by atoms with Crippen molar-refractivity contribution in [2.45, 2.75) is 31.8 Å². The summed E-state index contributed by atoms with van der Waals surface area (Å²) >= 11 is 1.08. The first kappa shape index (κ1) is 16.2. The highest BCUT2D eigenvalue weighted by Crippen LogP contribution is 2.11. The van der Waals surface area contributed by atoms with Gasteiger partial charge in [0.2, 0.25) is 5.91 Å². The van der Waals surface area contributed by atoms with Crippen molar-refractivity contribution in [1.82, 2.24) is 20.6 Å². The van der Waals surface area contributed by atoms with E-state index in [0.29, 0.717) is 23.8 Å². The standard InChI is InChI=1S/C12H18N4O3S/c1-3-5-8-6-9(17)16-12(14-8)20-7-10(18)15-11(19)13-4-2/h6H,3-5,7H2,1-2H3,(H,14,16,17)(H2,13,15,18,19). The zero-order chi connectivity index (χ0) is 15.0. The zero-order valence-corrected chi connectivity index (χ0v) is 12.3. The molecule has 1 rings (SSSR count). The molecule has 0 aliphatic carbocycles. The van der Waals surface area contributed by atoms with E-state index in [1.165, 1.54) is 6.07 Å². The molecule has 8 heteroatoms. The molecule has 0 aliphatic rings. The molecule has 1 aromatic heterocycles. The van der Waals surface area contributed by atoms with E-state index in [1.54, 1.807) is 6.92 Å². The summed E-state index contributed by atoms with van der Waals surface area (Å²) in [6.07, 6.45) is 1.60. The Labute approximate surface area is 120 Å². The average Bonchev–Trinajstić information content (AvgIpc) is 2.36. The maximum absolute atomic E-state index is 11.5. The second kappa shape index (κ2) is 8.36. The Morgan fingerprint density at radius 2 is 2.15 bits per heavy atom. The van der Waals surface area contributed by atoms with Gasteiger partial charge in [0, 0.05) is 18.3 Å². The molecule has 1 heterocycles. The fourth-order valence-electron chi connectivity index (χ4n) is 1.44. The van der Waals surface area contributed by atoms with E-state index in [0.717, 1.165) is 18.2 Å². The molecule has 110 valence electrons. The van der Waals surface area contributed by atoms with Gasteiger partial charge in [-0.25, -0.2) is 9.78 Å². The van der Waals surface area contributed by atoms with Gasteiger partial charge < -0.3 is 10.3 Å². The average molecular weight is 298 g/mol. The van der Waals surface area contributed by atoms with Crippen molar-refractivity contribution in [3.05, 3.63) is 22.1 Å². The third kappa shape index (κ3) is 5.87. The SMILES string of the molecule is CCCc1cc(=O)[nH]c(SCC(=O)NC(=O)NCC)n1. The molecule has 1 aromatic rings. The number of hydrogen-bond acceptors (Lipinski definition) is 5. The lowest BCUT2D eigenvalue weighted by atomic mass is 10.2. The lowest BCUT2D eigenvalue weighted by Crippen LogP contribution is -2.40. The van der Waals surface area contributed by atoms with Gasteiger partial charge in [0.25, 0.3) is 5.56 Å².